The number of hydrogen-bond donors (Lipinski definition) is 2. The van der Waals surface area contributed by atoms with E-state index in [1.54, 1.807) is 0 Å². The summed E-state index contributed by atoms with van der Waals surface area (Å²) in [6.45, 7) is 0. The SMILES string of the molecule is COc1c(F)cc(C[C@H](N)C(=O)O)cc1Cl. The van der Waals surface area contributed by atoms with Crippen LogP contribution in [0.5, 0.6) is 5.75 Å². The van der Waals surface area contributed by atoms with Crippen LogP contribution in [-0.4, -0.2) is 24.2 Å². The maximum absolute atomic E-state index is 13.4. The Bertz CT molecular complexity index is 388. The third-order valence-corrected chi connectivity index (χ3v) is 2.32. The number of carbonyl (C=O) groups is 1. The Balaban J connectivity index is 2.96. The number of ether oxygens (including phenoxy) is 1. The van der Waals surface area contributed by atoms with Gasteiger partial charge in [0.1, 0.15) is 6.04 Å². The van der Waals surface area contributed by atoms with E-state index in [4.69, 9.17) is 27.2 Å². The number of rotatable bonds is 4. The molecule has 0 unspecified atom stereocenters. The lowest BCUT2D eigenvalue weighted by Gasteiger charge is -2.09. The molecule has 1 atom stereocenters. The summed E-state index contributed by atoms with van der Waals surface area (Å²) in [6, 6.07) is 1.52. The summed E-state index contributed by atoms with van der Waals surface area (Å²) in [5.74, 6) is -1.84. The molecular weight excluding hydrogens is 237 g/mol. The first-order valence-corrected chi connectivity index (χ1v) is 4.83. The van der Waals surface area contributed by atoms with Gasteiger partial charge in [0.25, 0.3) is 0 Å². The monoisotopic (exact) mass is 247 g/mol. The molecule has 0 amide bonds. The standard InChI is InChI=1S/C10H11ClFNO3/c1-16-9-6(11)2-5(3-7(9)12)4-8(13)10(14)15/h2-3,8H,4,13H2,1H3,(H,14,15)/t8-/m0/s1. The molecule has 6 heteroatoms. The predicted molar refractivity (Wildman–Crippen MR) is 57.3 cm³/mol. The van der Waals surface area contributed by atoms with E-state index in [2.05, 4.69) is 0 Å². The highest BCUT2D eigenvalue weighted by atomic mass is 35.5. The van der Waals surface area contributed by atoms with Crippen molar-refractivity contribution in [3.05, 3.63) is 28.5 Å². The second-order valence-corrected chi connectivity index (χ2v) is 3.65. The van der Waals surface area contributed by atoms with Gasteiger partial charge in [0.15, 0.2) is 11.6 Å². The van der Waals surface area contributed by atoms with Gasteiger partial charge in [-0.25, -0.2) is 4.39 Å². The molecular formula is C10H11ClFNO3. The minimum atomic E-state index is -1.15. The van der Waals surface area contributed by atoms with E-state index in [0.717, 1.165) is 6.07 Å². The Hall–Kier alpha value is -1.33. The molecule has 0 fully saturated rings. The minimum absolute atomic E-state index is 0.00989. The first-order valence-electron chi connectivity index (χ1n) is 4.46. The maximum atomic E-state index is 13.4. The number of carboxylic acids is 1. The van der Waals surface area contributed by atoms with Crippen LogP contribution in [-0.2, 0) is 11.2 Å². The fourth-order valence-corrected chi connectivity index (χ4v) is 1.57. The van der Waals surface area contributed by atoms with Gasteiger partial charge < -0.3 is 15.6 Å². The van der Waals surface area contributed by atoms with Crippen molar-refractivity contribution < 1.29 is 19.0 Å². The van der Waals surface area contributed by atoms with Crippen molar-refractivity contribution in [1.29, 1.82) is 0 Å². The lowest BCUT2D eigenvalue weighted by atomic mass is 10.1. The molecule has 0 radical (unpaired) electrons. The molecule has 88 valence electrons. The van der Waals surface area contributed by atoms with Gasteiger partial charge in [-0.2, -0.15) is 0 Å². The number of carboxylic acid groups (broad SMARTS) is 1. The zero-order valence-corrected chi connectivity index (χ0v) is 9.29. The fourth-order valence-electron chi connectivity index (χ4n) is 1.27. The molecule has 0 aliphatic rings. The Kier molecular flexibility index (Phi) is 4.09. The van der Waals surface area contributed by atoms with E-state index in [9.17, 15) is 9.18 Å². The highest BCUT2D eigenvalue weighted by Crippen LogP contribution is 2.29. The highest BCUT2D eigenvalue weighted by Gasteiger charge is 2.15. The van der Waals surface area contributed by atoms with Crippen molar-refractivity contribution >= 4 is 17.6 Å². The van der Waals surface area contributed by atoms with Crippen molar-refractivity contribution in [1.82, 2.24) is 0 Å². The van der Waals surface area contributed by atoms with Crippen molar-refractivity contribution in [2.24, 2.45) is 5.73 Å². The Morgan fingerprint density at radius 1 is 1.69 bits per heavy atom. The highest BCUT2D eigenvalue weighted by molar-refractivity contribution is 6.32. The first kappa shape index (κ1) is 12.7. The molecule has 3 N–H and O–H groups in total. The van der Waals surface area contributed by atoms with Crippen molar-refractivity contribution in [2.75, 3.05) is 7.11 Å². The fraction of sp³-hybridized carbons (Fsp3) is 0.300. The number of aliphatic carboxylic acids is 1. The van der Waals surface area contributed by atoms with E-state index in [1.807, 2.05) is 0 Å². The largest absolute Gasteiger partial charge is 0.492 e. The Morgan fingerprint density at radius 3 is 2.75 bits per heavy atom. The van der Waals surface area contributed by atoms with Crippen LogP contribution in [0.4, 0.5) is 4.39 Å². The lowest BCUT2D eigenvalue weighted by Crippen LogP contribution is -2.32. The predicted octanol–water partition coefficient (Wildman–Crippen LogP) is 1.44. The summed E-state index contributed by atoms with van der Waals surface area (Å²) >= 11 is 5.74. The molecule has 4 nitrogen and oxygen atoms in total. The van der Waals surface area contributed by atoms with Crippen molar-refractivity contribution in [2.45, 2.75) is 12.5 Å². The molecule has 1 rings (SSSR count). The normalized spacial score (nSPS) is 12.2. The topological polar surface area (TPSA) is 72.5 Å². The number of nitrogens with two attached hydrogens (primary N) is 1. The Morgan fingerprint density at radius 2 is 2.31 bits per heavy atom. The third kappa shape index (κ3) is 2.84. The molecule has 0 saturated heterocycles. The van der Waals surface area contributed by atoms with Crippen LogP contribution in [0.15, 0.2) is 12.1 Å². The molecule has 0 aliphatic carbocycles. The summed E-state index contributed by atoms with van der Waals surface area (Å²) in [7, 11) is 1.30. The molecule has 1 aromatic carbocycles. The zero-order valence-electron chi connectivity index (χ0n) is 8.54. The molecule has 16 heavy (non-hydrogen) atoms. The Labute approximate surface area is 96.8 Å². The smallest absolute Gasteiger partial charge is 0.320 e. The number of hydrogen-bond acceptors (Lipinski definition) is 3. The van der Waals surface area contributed by atoms with E-state index >= 15 is 0 Å². The van der Waals surface area contributed by atoms with Gasteiger partial charge >= 0.3 is 5.97 Å². The van der Waals surface area contributed by atoms with Gasteiger partial charge in [-0.05, 0) is 24.1 Å². The second-order valence-electron chi connectivity index (χ2n) is 3.24. The van der Waals surface area contributed by atoms with E-state index in [0.29, 0.717) is 5.56 Å². The summed E-state index contributed by atoms with van der Waals surface area (Å²) in [6.07, 6.45) is 0.00989. The first-order chi connectivity index (χ1) is 7.45. The minimum Gasteiger partial charge on any atom is -0.492 e. The van der Waals surface area contributed by atoms with Gasteiger partial charge in [0.05, 0.1) is 12.1 Å². The van der Waals surface area contributed by atoms with Gasteiger partial charge in [-0.3, -0.25) is 4.79 Å². The molecule has 0 saturated carbocycles. The average Bonchev–Trinajstić information content (AvgIpc) is 2.16. The van der Waals surface area contributed by atoms with Crippen molar-refractivity contribution in [3.8, 4) is 5.75 Å². The van der Waals surface area contributed by atoms with Crippen LogP contribution >= 0.6 is 11.6 Å². The number of methoxy groups -OCH3 is 1. The third-order valence-electron chi connectivity index (χ3n) is 2.04. The maximum Gasteiger partial charge on any atom is 0.320 e. The van der Waals surface area contributed by atoms with Gasteiger partial charge in [0.2, 0.25) is 0 Å². The quantitative estimate of drug-likeness (QED) is 0.845. The number of benzene rings is 1. The lowest BCUT2D eigenvalue weighted by molar-refractivity contribution is -0.138. The van der Waals surface area contributed by atoms with Gasteiger partial charge in [-0.1, -0.05) is 11.6 Å². The van der Waals surface area contributed by atoms with Crippen LogP contribution in [0.3, 0.4) is 0 Å². The van der Waals surface area contributed by atoms with Gasteiger partial charge in [0, 0.05) is 0 Å². The van der Waals surface area contributed by atoms with E-state index < -0.39 is 17.8 Å². The zero-order chi connectivity index (χ0) is 12.3. The summed E-state index contributed by atoms with van der Waals surface area (Å²) in [5, 5.41) is 8.70. The summed E-state index contributed by atoms with van der Waals surface area (Å²) in [4.78, 5) is 10.5. The molecule has 0 heterocycles. The van der Waals surface area contributed by atoms with E-state index in [-0.39, 0.29) is 17.2 Å². The summed E-state index contributed by atoms with van der Waals surface area (Å²) < 4.78 is 18.1. The van der Waals surface area contributed by atoms with E-state index in [1.165, 1.54) is 13.2 Å². The van der Waals surface area contributed by atoms with Crippen LogP contribution in [0, 0.1) is 5.82 Å². The molecule has 1 aromatic rings. The average molecular weight is 248 g/mol. The molecule has 0 aliphatic heterocycles. The van der Waals surface area contributed by atoms with Crippen molar-refractivity contribution in [3.63, 3.8) is 0 Å². The number of halogens is 2. The van der Waals surface area contributed by atoms with Crippen LogP contribution in [0.1, 0.15) is 5.56 Å². The van der Waals surface area contributed by atoms with Crippen LogP contribution in [0.25, 0.3) is 0 Å². The van der Waals surface area contributed by atoms with Gasteiger partial charge in [-0.15, -0.1) is 0 Å². The summed E-state index contributed by atoms with van der Waals surface area (Å²) in [5.41, 5.74) is 5.74. The molecule has 0 bridgehead atoms. The van der Waals surface area contributed by atoms with Crippen LogP contribution in [0.2, 0.25) is 5.02 Å². The van der Waals surface area contributed by atoms with Crippen LogP contribution < -0.4 is 10.5 Å². The molecule has 0 spiro atoms. The second kappa shape index (κ2) is 5.14. The molecule has 0 aromatic heterocycles.